The van der Waals surface area contributed by atoms with Crippen molar-refractivity contribution in [3.05, 3.63) is 173 Å². The molecule has 5 aromatic carbocycles. The summed E-state index contributed by atoms with van der Waals surface area (Å²) in [5.41, 5.74) is 0.0499. The summed E-state index contributed by atoms with van der Waals surface area (Å²) >= 11 is 0. The molecule has 0 spiro atoms. The van der Waals surface area contributed by atoms with Crippen LogP contribution < -0.4 is 0 Å². The highest BCUT2D eigenvalue weighted by Gasteiger charge is 2.54. The maximum Gasteiger partial charge on any atom is 0.299 e. The molecule has 4 nitrogen and oxygen atoms in total. The zero-order valence-corrected chi connectivity index (χ0v) is 20.7. The van der Waals surface area contributed by atoms with Crippen LogP contribution in [-0.2, 0) is 25.5 Å². The van der Waals surface area contributed by atoms with Gasteiger partial charge in [-0.05, 0) is 22.3 Å². The summed E-state index contributed by atoms with van der Waals surface area (Å²) in [4.78, 5) is -0.0158. The maximum absolute atomic E-state index is 14.0. The molecular weight excluding hydrogens is 480 g/mol. The lowest BCUT2D eigenvalue weighted by molar-refractivity contribution is 0.122. The molecule has 0 amide bonds. The van der Waals surface area contributed by atoms with Crippen molar-refractivity contribution in [1.82, 2.24) is 0 Å². The summed E-state index contributed by atoms with van der Waals surface area (Å²) < 4.78 is 34.2. The summed E-state index contributed by atoms with van der Waals surface area (Å²) in [5, 5.41) is 12.5. The van der Waals surface area contributed by atoms with Crippen LogP contribution >= 0.6 is 0 Å². The fourth-order valence-corrected chi connectivity index (χ4v) is 7.04. The van der Waals surface area contributed by atoms with Gasteiger partial charge in [-0.2, -0.15) is 8.42 Å². The standard InChI is InChI=1S/C32H24O4S/c33-31(24-14-5-1-6-15-24,25-16-7-2-8-17-25)28-22-13-23-29-30(28)37(34,35)36-32(29,26-18-9-3-10-19-26)27-20-11-4-12-21-27/h1-23,33H. The number of aliphatic hydroxyl groups is 1. The zero-order valence-electron chi connectivity index (χ0n) is 19.9. The summed E-state index contributed by atoms with van der Waals surface area (Å²) in [6, 6.07) is 42.2. The summed E-state index contributed by atoms with van der Waals surface area (Å²) in [7, 11) is -4.30. The molecule has 0 saturated carbocycles. The van der Waals surface area contributed by atoms with E-state index in [1.807, 2.05) is 97.1 Å². The molecule has 0 saturated heterocycles. The third kappa shape index (κ3) is 3.55. The molecule has 0 bridgehead atoms. The molecule has 6 rings (SSSR count). The van der Waals surface area contributed by atoms with E-state index < -0.39 is 21.3 Å². The maximum atomic E-state index is 14.0. The van der Waals surface area contributed by atoms with Crippen LogP contribution in [0.2, 0.25) is 0 Å². The van der Waals surface area contributed by atoms with Crippen LogP contribution in [0.1, 0.15) is 33.4 Å². The van der Waals surface area contributed by atoms with E-state index in [2.05, 4.69) is 0 Å². The van der Waals surface area contributed by atoms with E-state index in [1.165, 1.54) is 0 Å². The third-order valence-corrected chi connectivity index (χ3v) is 8.42. The second-order valence-corrected chi connectivity index (χ2v) is 10.6. The minimum atomic E-state index is -4.30. The molecule has 1 aliphatic rings. The Hall–Kier alpha value is -4.03. The molecule has 37 heavy (non-hydrogen) atoms. The van der Waals surface area contributed by atoms with Gasteiger partial charge in [-0.1, -0.05) is 140 Å². The van der Waals surface area contributed by atoms with E-state index in [-0.39, 0.29) is 10.5 Å². The molecule has 0 radical (unpaired) electrons. The number of benzene rings is 5. The van der Waals surface area contributed by atoms with Crippen LogP contribution in [0.15, 0.2) is 144 Å². The van der Waals surface area contributed by atoms with Gasteiger partial charge in [0.2, 0.25) is 0 Å². The van der Waals surface area contributed by atoms with Gasteiger partial charge in [-0.25, -0.2) is 4.18 Å². The highest BCUT2D eigenvalue weighted by molar-refractivity contribution is 7.87. The van der Waals surface area contributed by atoms with Crippen molar-refractivity contribution < 1.29 is 17.7 Å². The first kappa shape index (κ1) is 23.4. The number of hydrogen-bond donors (Lipinski definition) is 1. The van der Waals surface area contributed by atoms with Gasteiger partial charge in [0.1, 0.15) is 10.5 Å². The first-order valence-corrected chi connectivity index (χ1v) is 13.4. The molecular formula is C32H24O4S. The molecule has 1 N–H and O–H groups in total. The van der Waals surface area contributed by atoms with Crippen LogP contribution in [0.5, 0.6) is 0 Å². The normalized spacial score (nSPS) is 15.7. The third-order valence-electron chi connectivity index (χ3n) is 7.01. The minimum Gasteiger partial charge on any atom is -0.376 e. The van der Waals surface area contributed by atoms with E-state index in [4.69, 9.17) is 4.18 Å². The van der Waals surface area contributed by atoms with Crippen molar-refractivity contribution in [2.24, 2.45) is 0 Å². The second kappa shape index (κ2) is 8.82. The first-order valence-electron chi connectivity index (χ1n) is 12.0. The molecule has 0 atom stereocenters. The molecule has 1 heterocycles. The van der Waals surface area contributed by atoms with E-state index in [0.717, 1.165) is 0 Å². The van der Waals surface area contributed by atoms with Crippen molar-refractivity contribution >= 4 is 10.1 Å². The lowest BCUT2D eigenvalue weighted by Crippen LogP contribution is -2.31. The largest absolute Gasteiger partial charge is 0.376 e. The lowest BCUT2D eigenvalue weighted by Gasteiger charge is -2.32. The Morgan fingerprint density at radius 2 is 1.00 bits per heavy atom. The van der Waals surface area contributed by atoms with Crippen molar-refractivity contribution in [2.45, 2.75) is 16.1 Å². The second-order valence-electron chi connectivity index (χ2n) is 9.08. The average Bonchev–Trinajstić information content (AvgIpc) is 3.22. The van der Waals surface area contributed by atoms with Gasteiger partial charge in [-0.3, -0.25) is 0 Å². The van der Waals surface area contributed by atoms with Gasteiger partial charge < -0.3 is 5.11 Å². The fraction of sp³-hybridized carbons (Fsp3) is 0.0625. The van der Waals surface area contributed by atoms with Gasteiger partial charge in [-0.15, -0.1) is 0 Å². The predicted octanol–water partition coefficient (Wildman–Crippen LogP) is 5.98. The molecule has 182 valence electrons. The van der Waals surface area contributed by atoms with Gasteiger partial charge in [0.15, 0.2) is 5.60 Å². The van der Waals surface area contributed by atoms with Crippen molar-refractivity contribution in [3.63, 3.8) is 0 Å². The molecule has 0 aromatic heterocycles. The van der Waals surface area contributed by atoms with Crippen LogP contribution in [0, 0.1) is 0 Å². The lowest BCUT2D eigenvalue weighted by atomic mass is 9.76. The molecule has 5 heteroatoms. The quantitative estimate of drug-likeness (QED) is 0.236. The van der Waals surface area contributed by atoms with Crippen LogP contribution in [0.4, 0.5) is 0 Å². The van der Waals surface area contributed by atoms with E-state index in [9.17, 15) is 13.5 Å². The molecule has 0 aliphatic carbocycles. The predicted molar refractivity (Wildman–Crippen MR) is 142 cm³/mol. The Bertz CT molecular complexity index is 1570. The van der Waals surface area contributed by atoms with E-state index in [1.54, 1.807) is 42.5 Å². The molecule has 1 aliphatic heterocycles. The number of hydrogen-bond acceptors (Lipinski definition) is 4. The Morgan fingerprint density at radius 3 is 1.46 bits per heavy atom. The molecule has 0 unspecified atom stereocenters. The monoisotopic (exact) mass is 504 g/mol. The van der Waals surface area contributed by atoms with Crippen LogP contribution in [0.25, 0.3) is 0 Å². The summed E-state index contributed by atoms with van der Waals surface area (Å²) in [6.45, 7) is 0. The highest BCUT2D eigenvalue weighted by atomic mass is 32.2. The zero-order chi connectivity index (χ0) is 25.5. The van der Waals surface area contributed by atoms with E-state index in [0.29, 0.717) is 27.8 Å². The van der Waals surface area contributed by atoms with Crippen molar-refractivity contribution in [2.75, 3.05) is 0 Å². The summed E-state index contributed by atoms with van der Waals surface area (Å²) in [6.07, 6.45) is 0. The van der Waals surface area contributed by atoms with Crippen molar-refractivity contribution in [3.8, 4) is 0 Å². The SMILES string of the molecule is O=S1(=O)OC(c2ccccc2)(c2ccccc2)c2cccc(C(O)(c3ccccc3)c3ccccc3)c21. The summed E-state index contributed by atoms with van der Waals surface area (Å²) in [5.74, 6) is 0. The molecule has 5 aromatic rings. The Balaban J connectivity index is 1.73. The van der Waals surface area contributed by atoms with E-state index >= 15 is 0 Å². The Morgan fingerprint density at radius 1 is 0.568 bits per heavy atom. The van der Waals surface area contributed by atoms with Gasteiger partial charge in [0, 0.05) is 11.1 Å². The van der Waals surface area contributed by atoms with Crippen molar-refractivity contribution in [1.29, 1.82) is 0 Å². The van der Waals surface area contributed by atoms with Gasteiger partial charge in [0.05, 0.1) is 0 Å². The minimum absolute atomic E-state index is 0.0158. The smallest absolute Gasteiger partial charge is 0.299 e. The Labute approximate surface area is 216 Å². The topological polar surface area (TPSA) is 63.6 Å². The Kier molecular flexibility index (Phi) is 5.57. The fourth-order valence-electron chi connectivity index (χ4n) is 5.38. The van der Waals surface area contributed by atoms with Crippen LogP contribution in [-0.4, -0.2) is 13.5 Å². The first-order chi connectivity index (χ1) is 18.0. The van der Waals surface area contributed by atoms with Crippen LogP contribution in [0.3, 0.4) is 0 Å². The highest BCUT2D eigenvalue weighted by Crippen LogP contribution is 2.53. The van der Waals surface area contributed by atoms with Gasteiger partial charge in [0.25, 0.3) is 10.1 Å². The average molecular weight is 505 g/mol. The number of rotatable bonds is 5. The van der Waals surface area contributed by atoms with Gasteiger partial charge >= 0.3 is 0 Å². The number of fused-ring (bicyclic) bond motifs is 1. The molecule has 0 fully saturated rings.